The molecule has 0 aliphatic carbocycles. The highest BCUT2D eigenvalue weighted by Gasteiger charge is 2.31. The zero-order valence-electron chi connectivity index (χ0n) is 29.4. The Morgan fingerprint density at radius 2 is 0.702 bits per heavy atom. The van der Waals surface area contributed by atoms with E-state index in [-0.39, 0.29) is 6.71 Å². The molecule has 0 nitrogen and oxygen atoms in total. The summed E-state index contributed by atoms with van der Waals surface area (Å²) < 4.78 is 0. The monoisotopic (exact) mass is 610 g/mol. The maximum absolute atomic E-state index is 2.42. The Morgan fingerprint density at radius 1 is 0.404 bits per heavy atom. The molecule has 0 saturated heterocycles. The molecule has 0 fully saturated rings. The number of hydrogen-bond acceptors (Lipinski definition) is 0. The van der Waals surface area contributed by atoms with Crippen LogP contribution in [0.1, 0.15) is 65.1 Å². The molecule has 1 unspecified atom stereocenters. The highest BCUT2D eigenvalue weighted by Crippen LogP contribution is 2.28. The Labute approximate surface area is 283 Å². The van der Waals surface area contributed by atoms with Gasteiger partial charge in [0.15, 0.2) is 0 Å². The van der Waals surface area contributed by atoms with Crippen LogP contribution in [0, 0.1) is 41.5 Å². The zero-order valence-corrected chi connectivity index (χ0v) is 29.4. The van der Waals surface area contributed by atoms with E-state index in [4.69, 9.17) is 0 Å². The van der Waals surface area contributed by atoms with Crippen LogP contribution in [0.4, 0.5) is 0 Å². The molecule has 0 amide bonds. The molecule has 0 aliphatic heterocycles. The second-order valence-electron chi connectivity index (χ2n) is 13.7. The van der Waals surface area contributed by atoms with Gasteiger partial charge in [0.05, 0.1) is 0 Å². The highest BCUT2D eigenvalue weighted by atomic mass is 14.2. The third-order valence-electron chi connectivity index (χ3n) is 10.3. The van der Waals surface area contributed by atoms with Gasteiger partial charge >= 0.3 is 0 Å². The first-order valence-corrected chi connectivity index (χ1v) is 17.2. The minimum atomic E-state index is 0.117. The van der Waals surface area contributed by atoms with Crippen LogP contribution in [0.3, 0.4) is 0 Å². The van der Waals surface area contributed by atoms with Crippen LogP contribution in [0.15, 0.2) is 121 Å². The van der Waals surface area contributed by atoms with Crippen LogP contribution < -0.4 is 16.4 Å². The second kappa shape index (κ2) is 13.6. The van der Waals surface area contributed by atoms with Crippen molar-refractivity contribution in [1.29, 1.82) is 0 Å². The molecule has 0 saturated carbocycles. The molecule has 6 aromatic rings. The van der Waals surface area contributed by atoms with Gasteiger partial charge in [0.2, 0.25) is 6.71 Å². The number of rotatable bonds is 8. The van der Waals surface area contributed by atoms with Crippen LogP contribution in [0.5, 0.6) is 0 Å². The van der Waals surface area contributed by atoms with E-state index < -0.39 is 0 Å². The van der Waals surface area contributed by atoms with E-state index in [1.165, 1.54) is 88.7 Å². The minimum Gasteiger partial charge on any atom is -0.0648 e. The molecule has 0 heterocycles. The lowest BCUT2D eigenvalue weighted by atomic mass is 9.33. The molecule has 234 valence electrons. The van der Waals surface area contributed by atoms with Gasteiger partial charge in [-0.25, -0.2) is 0 Å². The van der Waals surface area contributed by atoms with Gasteiger partial charge in [-0.3, -0.25) is 0 Å². The summed E-state index contributed by atoms with van der Waals surface area (Å²) in [5.74, 6) is 0.579. The van der Waals surface area contributed by atoms with E-state index in [2.05, 4.69) is 177 Å². The van der Waals surface area contributed by atoms with E-state index >= 15 is 0 Å². The summed E-state index contributed by atoms with van der Waals surface area (Å²) in [7, 11) is 0. The van der Waals surface area contributed by atoms with Crippen molar-refractivity contribution in [3.8, 4) is 33.4 Å². The van der Waals surface area contributed by atoms with Gasteiger partial charge in [-0.05, 0) is 92.8 Å². The molecule has 0 N–H and O–H groups in total. The Kier molecular flexibility index (Phi) is 9.37. The minimum absolute atomic E-state index is 0.117. The summed E-state index contributed by atoms with van der Waals surface area (Å²) in [5, 5.41) is 0. The average molecular weight is 611 g/mol. The fourth-order valence-electron chi connectivity index (χ4n) is 7.72. The summed E-state index contributed by atoms with van der Waals surface area (Å²) in [4.78, 5) is 0. The average Bonchev–Trinajstić information content (AvgIpc) is 3.07. The van der Waals surface area contributed by atoms with Gasteiger partial charge in [-0.2, -0.15) is 0 Å². The Balaban J connectivity index is 1.54. The van der Waals surface area contributed by atoms with Gasteiger partial charge in [0.25, 0.3) is 0 Å². The highest BCUT2D eigenvalue weighted by molar-refractivity contribution is 6.97. The topological polar surface area (TPSA) is 0 Å². The van der Waals surface area contributed by atoms with Gasteiger partial charge in [0, 0.05) is 0 Å². The second-order valence-corrected chi connectivity index (χ2v) is 13.7. The number of benzene rings is 6. The third-order valence-corrected chi connectivity index (χ3v) is 10.3. The van der Waals surface area contributed by atoms with Crippen molar-refractivity contribution in [2.75, 3.05) is 0 Å². The SMILES string of the molecule is CCC(C)c1ccc(-c2cc(C)c(B(c3c(C)cc(-c4ccccc4)cc3C)c3c(C)cc(-c4ccccc4)cc3C)c(C)c2)cc1. The molecule has 0 spiro atoms. The molecular weight excluding hydrogens is 563 g/mol. The zero-order chi connectivity index (χ0) is 33.2. The number of hydrogen-bond donors (Lipinski definition) is 0. The standard InChI is InChI=1S/C46H47B/c1-9-30(2)37-20-22-40(23-21-37)43-28-35(7)46(36(8)29-43)47(44-31(3)24-41(25-32(44)4)38-16-12-10-13-17-38)45-33(5)26-42(27-34(45)6)39-18-14-11-15-19-39/h10-30H,9H2,1-8H3. The van der Waals surface area contributed by atoms with Crippen LogP contribution in [0.25, 0.3) is 33.4 Å². The largest absolute Gasteiger partial charge is 0.243 e. The van der Waals surface area contributed by atoms with Crippen molar-refractivity contribution < 1.29 is 0 Å². The molecule has 1 atom stereocenters. The van der Waals surface area contributed by atoms with Gasteiger partial charge in [0.1, 0.15) is 0 Å². The molecule has 47 heavy (non-hydrogen) atoms. The van der Waals surface area contributed by atoms with Crippen molar-refractivity contribution >= 4 is 23.1 Å². The van der Waals surface area contributed by atoms with Crippen molar-refractivity contribution in [3.05, 3.63) is 160 Å². The first-order chi connectivity index (χ1) is 22.7. The van der Waals surface area contributed by atoms with Gasteiger partial charge < -0.3 is 0 Å². The Hall–Kier alpha value is -4.62. The van der Waals surface area contributed by atoms with Crippen molar-refractivity contribution in [2.45, 2.75) is 67.7 Å². The molecule has 6 rings (SSSR count). The fourth-order valence-corrected chi connectivity index (χ4v) is 7.72. The lowest BCUT2D eigenvalue weighted by Crippen LogP contribution is -2.57. The lowest BCUT2D eigenvalue weighted by molar-refractivity contribution is 0.734. The maximum Gasteiger partial charge on any atom is 0.243 e. The summed E-state index contributed by atoms with van der Waals surface area (Å²) in [5.41, 5.74) is 21.3. The van der Waals surface area contributed by atoms with E-state index in [0.29, 0.717) is 5.92 Å². The lowest BCUT2D eigenvalue weighted by Gasteiger charge is -2.28. The molecule has 0 radical (unpaired) electrons. The van der Waals surface area contributed by atoms with Gasteiger partial charge in [-0.15, -0.1) is 0 Å². The molecule has 0 bridgehead atoms. The summed E-state index contributed by atoms with van der Waals surface area (Å²) in [6, 6.07) is 45.2. The van der Waals surface area contributed by atoms with Crippen LogP contribution >= 0.6 is 0 Å². The normalized spacial score (nSPS) is 11.8. The Bertz CT molecular complexity index is 1850. The quantitative estimate of drug-likeness (QED) is 0.150. The predicted octanol–water partition coefficient (Wildman–Crippen LogP) is 10.6. The van der Waals surface area contributed by atoms with Crippen molar-refractivity contribution in [3.63, 3.8) is 0 Å². The summed E-state index contributed by atoms with van der Waals surface area (Å²) in [6.07, 6.45) is 1.16. The van der Waals surface area contributed by atoms with Gasteiger partial charge in [-0.1, -0.05) is 185 Å². The predicted molar refractivity (Wildman–Crippen MR) is 207 cm³/mol. The number of aryl methyl sites for hydroxylation is 6. The third kappa shape index (κ3) is 6.50. The van der Waals surface area contributed by atoms with E-state index in [0.717, 1.165) is 6.42 Å². The molecule has 0 aliphatic rings. The molecule has 1 heteroatoms. The maximum atomic E-state index is 2.42. The van der Waals surface area contributed by atoms with Crippen LogP contribution in [-0.4, -0.2) is 6.71 Å². The Morgan fingerprint density at radius 3 is 1.00 bits per heavy atom. The first kappa shape index (κ1) is 32.3. The smallest absolute Gasteiger partial charge is 0.0648 e. The van der Waals surface area contributed by atoms with E-state index in [1.807, 2.05) is 0 Å². The van der Waals surface area contributed by atoms with Crippen molar-refractivity contribution in [2.24, 2.45) is 0 Å². The molecule has 0 aromatic heterocycles. The van der Waals surface area contributed by atoms with E-state index in [1.54, 1.807) is 0 Å². The summed E-state index contributed by atoms with van der Waals surface area (Å²) in [6.45, 7) is 18.6. The van der Waals surface area contributed by atoms with Crippen LogP contribution in [0.2, 0.25) is 0 Å². The fraction of sp³-hybridized carbons (Fsp3) is 0.217. The molecule has 6 aromatic carbocycles. The first-order valence-electron chi connectivity index (χ1n) is 17.2. The van der Waals surface area contributed by atoms with E-state index in [9.17, 15) is 0 Å². The van der Waals surface area contributed by atoms with Crippen LogP contribution in [-0.2, 0) is 0 Å². The van der Waals surface area contributed by atoms with Crippen molar-refractivity contribution in [1.82, 2.24) is 0 Å². The summed E-state index contributed by atoms with van der Waals surface area (Å²) >= 11 is 0. The molecular formula is C46H47B.